The van der Waals surface area contributed by atoms with E-state index in [0.717, 1.165) is 57.6 Å². The molecule has 1 aromatic rings. The maximum atomic E-state index is 13.1. The smallest absolute Gasteiger partial charge is 0.240 e. The minimum absolute atomic E-state index is 0.0562. The highest BCUT2D eigenvalue weighted by molar-refractivity contribution is 5.88. The van der Waals surface area contributed by atoms with E-state index in [1.54, 1.807) is 6.26 Å². The van der Waals surface area contributed by atoms with E-state index in [4.69, 9.17) is 4.42 Å². The molecule has 3 aliphatic heterocycles. The van der Waals surface area contributed by atoms with Crippen LogP contribution in [0.1, 0.15) is 31.4 Å². The summed E-state index contributed by atoms with van der Waals surface area (Å²) in [5, 5.41) is 3.01. The van der Waals surface area contributed by atoms with Crippen molar-refractivity contribution in [1.29, 1.82) is 0 Å². The molecular formula is C20H30N4O3. The first-order chi connectivity index (χ1) is 13.1. The standard InChI is InChI=1S/C20H30N4O3/c1-22-12-8-21-19(26)20(22)6-10-24(11-7-20)18(25)16-4-2-9-23(14-16)15-17-5-3-13-27-17/h3,5,13,16H,2,4,6-12,14-15H2,1H3,(H,21,26)/t16-/m0/s1. The molecule has 0 saturated carbocycles. The average Bonchev–Trinajstić information content (AvgIpc) is 3.19. The van der Waals surface area contributed by atoms with E-state index in [9.17, 15) is 9.59 Å². The number of furan rings is 1. The summed E-state index contributed by atoms with van der Waals surface area (Å²) < 4.78 is 5.45. The van der Waals surface area contributed by atoms with Crippen molar-refractivity contribution in [1.82, 2.24) is 20.0 Å². The highest BCUT2D eigenvalue weighted by atomic mass is 16.3. The largest absolute Gasteiger partial charge is 0.468 e. The molecule has 0 aliphatic carbocycles. The Morgan fingerprint density at radius 1 is 1.30 bits per heavy atom. The van der Waals surface area contributed by atoms with Gasteiger partial charge < -0.3 is 14.6 Å². The quantitative estimate of drug-likeness (QED) is 0.852. The Morgan fingerprint density at radius 2 is 2.11 bits per heavy atom. The highest BCUT2D eigenvalue weighted by Gasteiger charge is 2.47. The minimum atomic E-state index is -0.424. The summed E-state index contributed by atoms with van der Waals surface area (Å²) in [4.78, 5) is 32.1. The summed E-state index contributed by atoms with van der Waals surface area (Å²) in [7, 11) is 2.03. The molecule has 0 bridgehead atoms. The van der Waals surface area contributed by atoms with Gasteiger partial charge in [-0.3, -0.25) is 19.4 Å². The van der Waals surface area contributed by atoms with Crippen molar-refractivity contribution < 1.29 is 14.0 Å². The Hall–Kier alpha value is -1.86. The van der Waals surface area contributed by atoms with Gasteiger partial charge in [0, 0.05) is 32.7 Å². The fourth-order valence-corrected chi connectivity index (χ4v) is 4.88. The summed E-state index contributed by atoms with van der Waals surface area (Å²) in [5.74, 6) is 1.40. The average molecular weight is 374 g/mol. The van der Waals surface area contributed by atoms with Crippen LogP contribution in [0.15, 0.2) is 22.8 Å². The topological polar surface area (TPSA) is 69.0 Å². The second kappa shape index (κ2) is 7.64. The number of rotatable bonds is 3. The van der Waals surface area contributed by atoms with E-state index in [-0.39, 0.29) is 17.7 Å². The Balaban J connectivity index is 1.34. The Bertz CT molecular complexity index is 667. The predicted molar refractivity (Wildman–Crippen MR) is 101 cm³/mol. The first kappa shape index (κ1) is 18.5. The molecule has 0 aromatic carbocycles. The van der Waals surface area contributed by atoms with E-state index in [0.29, 0.717) is 19.6 Å². The van der Waals surface area contributed by atoms with Gasteiger partial charge in [0.1, 0.15) is 11.3 Å². The Morgan fingerprint density at radius 3 is 2.81 bits per heavy atom. The number of likely N-dealkylation sites (N-methyl/N-ethyl adjacent to an activating group) is 1. The predicted octanol–water partition coefficient (Wildman–Crippen LogP) is 0.914. The van der Waals surface area contributed by atoms with E-state index >= 15 is 0 Å². The van der Waals surface area contributed by atoms with Gasteiger partial charge in [0.15, 0.2) is 0 Å². The van der Waals surface area contributed by atoms with Gasteiger partial charge in [-0.15, -0.1) is 0 Å². The number of carbonyl (C=O) groups excluding carboxylic acids is 2. The Kier molecular flexibility index (Phi) is 5.23. The van der Waals surface area contributed by atoms with Gasteiger partial charge in [0.2, 0.25) is 11.8 Å². The number of nitrogens with one attached hydrogen (secondary N) is 1. The lowest BCUT2D eigenvalue weighted by molar-refractivity contribution is -0.147. The zero-order valence-electron chi connectivity index (χ0n) is 16.2. The normalized spacial score (nSPS) is 26.9. The summed E-state index contributed by atoms with van der Waals surface area (Å²) in [6, 6.07) is 3.89. The zero-order valence-corrected chi connectivity index (χ0v) is 16.2. The molecule has 1 spiro atoms. The lowest BCUT2D eigenvalue weighted by atomic mass is 9.83. The molecular weight excluding hydrogens is 344 g/mol. The van der Waals surface area contributed by atoms with Gasteiger partial charge in [-0.25, -0.2) is 0 Å². The minimum Gasteiger partial charge on any atom is -0.468 e. The van der Waals surface area contributed by atoms with Gasteiger partial charge in [-0.2, -0.15) is 0 Å². The lowest BCUT2D eigenvalue weighted by Gasteiger charge is -2.49. The van der Waals surface area contributed by atoms with Crippen molar-refractivity contribution in [3.63, 3.8) is 0 Å². The number of amides is 2. The monoisotopic (exact) mass is 374 g/mol. The first-order valence-electron chi connectivity index (χ1n) is 10.1. The van der Waals surface area contributed by atoms with Crippen molar-refractivity contribution >= 4 is 11.8 Å². The van der Waals surface area contributed by atoms with E-state index in [1.807, 2.05) is 24.1 Å². The van der Waals surface area contributed by atoms with Gasteiger partial charge in [-0.1, -0.05) is 0 Å². The van der Waals surface area contributed by atoms with Gasteiger partial charge >= 0.3 is 0 Å². The molecule has 7 nitrogen and oxygen atoms in total. The second-order valence-electron chi connectivity index (χ2n) is 8.19. The zero-order chi connectivity index (χ0) is 18.9. The van der Waals surface area contributed by atoms with Crippen LogP contribution in [0, 0.1) is 5.92 Å². The lowest BCUT2D eigenvalue weighted by Crippen LogP contribution is -2.67. The van der Waals surface area contributed by atoms with E-state index in [2.05, 4.69) is 15.1 Å². The molecule has 7 heteroatoms. The van der Waals surface area contributed by atoms with Crippen molar-refractivity contribution in [2.75, 3.05) is 46.3 Å². The SMILES string of the molecule is CN1CCNC(=O)C12CCN(C(=O)[C@H]1CCCN(Cc3ccco3)C1)CC2. The van der Waals surface area contributed by atoms with Gasteiger partial charge in [0.25, 0.3) is 0 Å². The number of carbonyl (C=O) groups is 2. The molecule has 148 valence electrons. The molecule has 3 saturated heterocycles. The van der Waals surface area contributed by atoms with Gasteiger partial charge in [0.05, 0.1) is 18.7 Å². The number of nitrogens with zero attached hydrogens (tertiary/aromatic N) is 3. The molecule has 1 aromatic heterocycles. The maximum Gasteiger partial charge on any atom is 0.240 e. The summed E-state index contributed by atoms with van der Waals surface area (Å²) in [5.41, 5.74) is -0.424. The van der Waals surface area contributed by atoms with Crippen molar-refractivity contribution in [2.24, 2.45) is 5.92 Å². The van der Waals surface area contributed by atoms with Crippen molar-refractivity contribution in [3.05, 3.63) is 24.2 Å². The summed E-state index contributed by atoms with van der Waals surface area (Å²) in [6.07, 6.45) is 5.15. The van der Waals surface area contributed by atoms with Crippen LogP contribution in [-0.2, 0) is 16.1 Å². The van der Waals surface area contributed by atoms with E-state index in [1.165, 1.54) is 0 Å². The first-order valence-corrected chi connectivity index (χ1v) is 10.1. The molecule has 4 heterocycles. The molecule has 3 fully saturated rings. The van der Waals surface area contributed by atoms with Crippen LogP contribution in [-0.4, -0.2) is 78.4 Å². The Labute approximate surface area is 160 Å². The van der Waals surface area contributed by atoms with Crippen LogP contribution in [0.2, 0.25) is 0 Å². The molecule has 2 amide bonds. The molecule has 0 unspecified atom stereocenters. The van der Waals surface area contributed by atoms with Crippen LogP contribution in [0.3, 0.4) is 0 Å². The van der Waals surface area contributed by atoms with Gasteiger partial charge in [-0.05, 0) is 51.4 Å². The summed E-state index contributed by atoms with van der Waals surface area (Å²) >= 11 is 0. The number of piperazine rings is 1. The third-order valence-electron chi connectivity index (χ3n) is 6.60. The van der Waals surface area contributed by atoms with Crippen molar-refractivity contribution in [2.45, 2.75) is 37.8 Å². The number of likely N-dealkylation sites (tertiary alicyclic amines) is 2. The molecule has 4 rings (SSSR count). The van der Waals surface area contributed by atoms with Crippen LogP contribution >= 0.6 is 0 Å². The third kappa shape index (κ3) is 3.62. The number of hydrogen-bond donors (Lipinski definition) is 1. The molecule has 3 aliphatic rings. The number of piperidine rings is 2. The molecule has 0 radical (unpaired) electrons. The molecule has 1 N–H and O–H groups in total. The van der Waals surface area contributed by atoms with Crippen LogP contribution in [0.5, 0.6) is 0 Å². The molecule has 1 atom stereocenters. The summed E-state index contributed by atoms with van der Waals surface area (Å²) in [6.45, 7) is 5.51. The maximum absolute atomic E-state index is 13.1. The number of hydrogen-bond acceptors (Lipinski definition) is 5. The van der Waals surface area contributed by atoms with Crippen LogP contribution < -0.4 is 5.32 Å². The third-order valence-corrected chi connectivity index (χ3v) is 6.60. The van der Waals surface area contributed by atoms with E-state index < -0.39 is 5.54 Å². The highest BCUT2D eigenvalue weighted by Crippen LogP contribution is 2.31. The van der Waals surface area contributed by atoms with Crippen LogP contribution in [0.4, 0.5) is 0 Å². The van der Waals surface area contributed by atoms with Crippen LogP contribution in [0.25, 0.3) is 0 Å². The second-order valence-corrected chi connectivity index (χ2v) is 8.19. The fourth-order valence-electron chi connectivity index (χ4n) is 4.88. The molecule has 27 heavy (non-hydrogen) atoms. The van der Waals surface area contributed by atoms with Crippen molar-refractivity contribution in [3.8, 4) is 0 Å². The fraction of sp³-hybridized carbons (Fsp3) is 0.700.